The van der Waals surface area contributed by atoms with Gasteiger partial charge in [0.2, 0.25) is 0 Å². The second-order valence-corrected chi connectivity index (χ2v) is 10.9. The topological polar surface area (TPSA) is 51.6 Å². The molecule has 4 aromatic carbocycles. The van der Waals surface area contributed by atoms with Gasteiger partial charge in [0.1, 0.15) is 5.82 Å². The van der Waals surface area contributed by atoms with Gasteiger partial charge in [0, 0.05) is 44.2 Å². The van der Waals surface area contributed by atoms with E-state index < -0.39 is 0 Å². The number of hydrogen-bond acceptors (Lipinski definition) is 5. The van der Waals surface area contributed by atoms with Gasteiger partial charge in [-0.15, -0.1) is 11.3 Å². The molecule has 0 bridgehead atoms. The minimum atomic E-state index is -0.192. The van der Waals surface area contributed by atoms with Crippen LogP contribution < -0.4 is 0 Å². The molecule has 1 unspecified atom stereocenters. The summed E-state index contributed by atoms with van der Waals surface area (Å²) in [4.78, 5) is 21.2. The number of rotatable bonds is 3. The van der Waals surface area contributed by atoms with Crippen molar-refractivity contribution in [2.45, 2.75) is 5.92 Å². The van der Waals surface area contributed by atoms with Crippen LogP contribution in [0.15, 0.2) is 128 Å². The quantitative estimate of drug-likeness (QED) is 0.229. The van der Waals surface area contributed by atoms with Gasteiger partial charge in [0.05, 0.1) is 5.92 Å². The SMILES string of the molecule is c1ccc(-c2nc(-c3ccccc3)nc(C3c4ccccc4-c4cnccc4-c4sc5ccccc5c43)n2)cc1. The lowest BCUT2D eigenvalue weighted by Gasteiger charge is -2.20. The molecule has 5 heteroatoms. The Hall–Kier alpha value is -5.00. The van der Waals surface area contributed by atoms with E-state index in [4.69, 9.17) is 15.0 Å². The summed E-state index contributed by atoms with van der Waals surface area (Å²) in [5.74, 6) is 1.89. The number of aromatic nitrogens is 4. The largest absolute Gasteiger partial charge is 0.264 e. The first-order valence-corrected chi connectivity index (χ1v) is 14.1. The first-order chi connectivity index (χ1) is 19.8. The number of fused-ring (bicyclic) bond motifs is 7. The van der Waals surface area contributed by atoms with Crippen molar-refractivity contribution in [1.29, 1.82) is 0 Å². The predicted molar refractivity (Wildman–Crippen MR) is 162 cm³/mol. The number of thiophene rings is 1. The molecule has 3 heterocycles. The normalized spacial score (nSPS) is 13.8. The summed E-state index contributed by atoms with van der Waals surface area (Å²) in [6.45, 7) is 0. The molecular formula is C35H22N4S. The van der Waals surface area contributed by atoms with Crippen molar-refractivity contribution in [3.05, 3.63) is 145 Å². The summed E-state index contributed by atoms with van der Waals surface area (Å²) < 4.78 is 1.25. The standard InChI is InChI=1S/C35H22N4S/c1-3-11-22(12-4-1)33-37-34(23-13-5-2-6-14-23)39-35(38-33)31-25-16-8-7-15-24(25)28-21-36-20-19-26(28)32-30(31)27-17-9-10-18-29(27)40-32/h1-21,31H. The Labute approximate surface area is 235 Å². The van der Waals surface area contributed by atoms with Gasteiger partial charge in [-0.1, -0.05) is 103 Å². The predicted octanol–water partition coefficient (Wildman–Crippen LogP) is 8.64. The van der Waals surface area contributed by atoms with E-state index >= 15 is 0 Å². The van der Waals surface area contributed by atoms with Crippen LogP contribution in [0, 0.1) is 0 Å². The van der Waals surface area contributed by atoms with Gasteiger partial charge in [0.15, 0.2) is 11.6 Å². The van der Waals surface area contributed by atoms with E-state index in [-0.39, 0.29) is 5.92 Å². The van der Waals surface area contributed by atoms with Crippen LogP contribution in [0.2, 0.25) is 0 Å². The summed E-state index contributed by atoms with van der Waals surface area (Å²) in [6, 6.07) is 39.8. The highest BCUT2D eigenvalue weighted by molar-refractivity contribution is 7.22. The fraction of sp³-hybridized carbons (Fsp3) is 0.0286. The lowest BCUT2D eigenvalue weighted by molar-refractivity contribution is 0.851. The fourth-order valence-corrected chi connectivity index (χ4v) is 7.01. The monoisotopic (exact) mass is 530 g/mol. The van der Waals surface area contributed by atoms with Crippen molar-refractivity contribution < 1.29 is 0 Å². The molecule has 0 N–H and O–H groups in total. The highest BCUT2D eigenvalue weighted by Gasteiger charge is 2.34. The summed E-state index contributed by atoms with van der Waals surface area (Å²) in [7, 11) is 0. The fourth-order valence-electron chi connectivity index (χ4n) is 5.73. The van der Waals surface area contributed by atoms with E-state index in [9.17, 15) is 0 Å². The molecule has 188 valence electrons. The van der Waals surface area contributed by atoms with E-state index in [0.717, 1.165) is 28.1 Å². The maximum Gasteiger partial charge on any atom is 0.163 e. The minimum Gasteiger partial charge on any atom is -0.264 e. The van der Waals surface area contributed by atoms with E-state index in [2.05, 4.69) is 83.8 Å². The first-order valence-electron chi connectivity index (χ1n) is 13.3. The zero-order valence-electron chi connectivity index (χ0n) is 21.4. The van der Waals surface area contributed by atoms with Gasteiger partial charge in [-0.05, 0) is 34.2 Å². The second kappa shape index (κ2) is 9.33. The average Bonchev–Trinajstić information content (AvgIpc) is 3.36. The van der Waals surface area contributed by atoms with E-state index in [1.807, 2.05) is 60.1 Å². The van der Waals surface area contributed by atoms with E-state index in [0.29, 0.717) is 11.6 Å². The molecule has 0 radical (unpaired) electrons. The van der Waals surface area contributed by atoms with Crippen LogP contribution in [-0.4, -0.2) is 19.9 Å². The van der Waals surface area contributed by atoms with E-state index in [1.165, 1.54) is 31.7 Å². The maximum absolute atomic E-state index is 5.21. The smallest absolute Gasteiger partial charge is 0.163 e. The molecule has 0 saturated heterocycles. The summed E-state index contributed by atoms with van der Waals surface area (Å²) in [6.07, 6.45) is 3.88. The number of pyridine rings is 1. The molecular weight excluding hydrogens is 508 g/mol. The molecule has 1 aliphatic carbocycles. The van der Waals surface area contributed by atoms with Crippen molar-refractivity contribution in [2.24, 2.45) is 0 Å². The summed E-state index contributed by atoms with van der Waals surface area (Å²) in [5, 5.41) is 1.23. The molecule has 0 amide bonds. The van der Waals surface area contributed by atoms with Gasteiger partial charge in [-0.25, -0.2) is 15.0 Å². The van der Waals surface area contributed by atoms with Crippen LogP contribution >= 0.6 is 11.3 Å². The average molecular weight is 531 g/mol. The molecule has 7 aromatic rings. The van der Waals surface area contributed by atoms with Crippen molar-refractivity contribution in [2.75, 3.05) is 0 Å². The zero-order chi connectivity index (χ0) is 26.5. The molecule has 0 spiro atoms. The van der Waals surface area contributed by atoms with Crippen molar-refractivity contribution in [3.8, 4) is 44.3 Å². The Morgan fingerprint density at radius 1 is 0.550 bits per heavy atom. The maximum atomic E-state index is 5.21. The highest BCUT2D eigenvalue weighted by atomic mass is 32.1. The van der Waals surface area contributed by atoms with Crippen molar-refractivity contribution in [3.63, 3.8) is 0 Å². The number of hydrogen-bond donors (Lipinski definition) is 0. The molecule has 0 aliphatic heterocycles. The highest BCUT2D eigenvalue weighted by Crippen LogP contribution is 2.53. The second-order valence-electron chi connectivity index (χ2n) is 9.86. The Balaban J connectivity index is 1.49. The Kier molecular flexibility index (Phi) is 5.35. The van der Waals surface area contributed by atoms with Crippen LogP contribution in [0.3, 0.4) is 0 Å². The molecule has 3 aromatic heterocycles. The summed E-state index contributed by atoms with van der Waals surface area (Å²) in [5.41, 5.74) is 7.83. The molecule has 1 aliphatic rings. The molecule has 0 saturated carbocycles. The molecule has 4 nitrogen and oxygen atoms in total. The zero-order valence-corrected chi connectivity index (χ0v) is 22.2. The Morgan fingerprint density at radius 3 is 1.95 bits per heavy atom. The molecule has 0 fully saturated rings. The van der Waals surface area contributed by atoms with Crippen LogP contribution in [0.1, 0.15) is 22.9 Å². The Bertz CT molecular complexity index is 1960. The third kappa shape index (κ3) is 3.67. The van der Waals surface area contributed by atoms with Crippen molar-refractivity contribution in [1.82, 2.24) is 19.9 Å². The van der Waals surface area contributed by atoms with Crippen LogP contribution in [0.4, 0.5) is 0 Å². The van der Waals surface area contributed by atoms with Gasteiger partial charge in [-0.3, -0.25) is 4.98 Å². The van der Waals surface area contributed by atoms with Gasteiger partial charge >= 0.3 is 0 Å². The molecule has 1 atom stereocenters. The van der Waals surface area contributed by atoms with Crippen LogP contribution in [-0.2, 0) is 0 Å². The molecule has 8 rings (SSSR count). The Morgan fingerprint density at radius 2 is 1.20 bits per heavy atom. The number of benzene rings is 4. The number of nitrogens with zero attached hydrogens (tertiary/aromatic N) is 4. The van der Waals surface area contributed by atoms with Crippen LogP contribution in [0.25, 0.3) is 54.4 Å². The van der Waals surface area contributed by atoms with Crippen LogP contribution in [0.5, 0.6) is 0 Å². The van der Waals surface area contributed by atoms with Crippen molar-refractivity contribution >= 4 is 21.4 Å². The van der Waals surface area contributed by atoms with Gasteiger partial charge < -0.3 is 0 Å². The lowest BCUT2D eigenvalue weighted by Crippen LogP contribution is -2.12. The third-order valence-corrected chi connectivity index (χ3v) is 8.74. The lowest BCUT2D eigenvalue weighted by atomic mass is 9.86. The minimum absolute atomic E-state index is 0.192. The van der Waals surface area contributed by atoms with Gasteiger partial charge in [0.25, 0.3) is 0 Å². The van der Waals surface area contributed by atoms with E-state index in [1.54, 1.807) is 0 Å². The summed E-state index contributed by atoms with van der Waals surface area (Å²) >= 11 is 1.83. The first kappa shape index (κ1) is 22.9. The molecule has 40 heavy (non-hydrogen) atoms. The van der Waals surface area contributed by atoms with Gasteiger partial charge in [-0.2, -0.15) is 0 Å². The third-order valence-electron chi connectivity index (χ3n) is 7.53.